The Morgan fingerprint density at radius 1 is 1.17 bits per heavy atom. The van der Waals surface area contributed by atoms with E-state index in [4.69, 9.17) is 13.7 Å². The van der Waals surface area contributed by atoms with E-state index in [1.807, 2.05) is 26.2 Å². The zero-order valence-electron chi connectivity index (χ0n) is 12.8. The standard InChI is InChI=1S/C13H27BO3Si/c1-11-12(2)17-14(16-11)9-8-10-15-18(6,7)13(3,4)5/h8,10-12H,9H2,1-7H3/b10-8+/t11-,12-/m0/s1. The summed E-state index contributed by atoms with van der Waals surface area (Å²) in [6.07, 6.45) is 4.96. The van der Waals surface area contributed by atoms with Crippen molar-refractivity contribution >= 4 is 15.4 Å². The van der Waals surface area contributed by atoms with Gasteiger partial charge in [0.1, 0.15) is 0 Å². The van der Waals surface area contributed by atoms with Gasteiger partial charge in [-0.25, -0.2) is 0 Å². The quantitative estimate of drug-likeness (QED) is 0.574. The first-order valence-corrected chi connectivity index (χ1v) is 9.68. The Bertz CT molecular complexity index is 289. The van der Waals surface area contributed by atoms with Gasteiger partial charge in [-0.2, -0.15) is 0 Å². The lowest BCUT2D eigenvalue weighted by molar-refractivity contribution is 0.187. The fourth-order valence-corrected chi connectivity index (χ4v) is 2.19. The van der Waals surface area contributed by atoms with Crippen LogP contribution in [0.5, 0.6) is 0 Å². The average molecular weight is 270 g/mol. The average Bonchev–Trinajstić information content (AvgIpc) is 2.52. The molecule has 18 heavy (non-hydrogen) atoms. The molecule has 0 N–H and O–H groups in total. The van der Waals surface area contributed by atoms with Gasteiger partial charge in [0.25, 0.3) is 0 Å². The van der Waals surface area contributed by atoms with Gasteiger partial charge < -0.3 is 13.7 Å². The first-order chi connectivity index (χ1) is 8.13. The normalized spacial score (nSPS) is 26.1. The molecule has 1 rings (SSSR count). The molecule has 0 spiro atoms. The summed E-state index contributed by atoms with van der Waals surface area (Å²) in [4.78, 5) is 0. The van der Waals surface area contributed by atoms with E-state index in [-0.39, 0.29) is 24.4 Å². The molecule has 1 aliphatic rings. The first kappa shape index (κ1) is 15.8. The van der Waals surface area contributed by atoms with Crippen LogP contribution in [0.1, 0.15) is 34.6 Å². The van der Waals surface area contributed by atoms with Gasteiger partial charge in [-0.15, -0.1) is 0 Å². The van der Waals surface area contributed by atoms with Crippen molar-refractivity contribution in [2.75, 3.05) is 0 Å². The van der Waals surface area contributed by atoms with E-state index in [1.54, 1.807) is 0 Å². The monoisotopic (exact) mass is 270 g/mol. The van der Waals surface area contributed by atoms with Gasteiger partial charge in [-0.3, -0.25) is 0 Å². The summed E-state index contributed by atoms with van der Waals surface area (Å²) >= 11 is 0. The molecule has 1 saturated heterocycles. The van der Waals surface area contributed by atoms with E-state index in [0.29, 0.717) is 0 Å². The lowest BCUT2D eigenvalue weighted by Crippen LogP contribution is -2.39. The smallest absolute Gasteiger partial charge is 0.461 e. The Hall–Kier alpha value is -0.258. The molecule has 0 amide bonds. The molecule has 0 aromatic carbocycles. The third-order valence-corrected chi connectivity index (χ3v) is 8.33. The van der Waals surface area contributed by atoms with E-state index in [0.717, 1.165) is 6.32 Å². The molecule has 0 unspecified atom stereocenters. The fraction of sp³-hybridized carbons (Fsp3) is 0.846. The summed E-state index contributed by atoms with van der Waals surface area (Å²) < 4.78 is 17.3. The van der Waals surface area contributed by atoms with Crippen LogP contribution in [0.3, 0.4) is 0 Å². The Kier molecular flexibility index (Phi) is 5.09. The summed E-state index contributed by atoms with van der Waals surface area (Å²) in [5.74, 6) is 0. The van der Waals surface area contributed by atoms with Gasteiger partial charge in [-0.1, -0.05) is 26.8 Å². The minimum absolute atomic E-state index is 0.116. The van der Waals surface area contributed by atoms with E-state index in [2.05, 4.69) is 33.9 Å². The number of hydrogen-bond acceptors (Lipinski definition) is 3. The van der Waals surface area contributed by atoms with Crippen LogP contribution in [0, 0.1) is 0 Å². The van der Waals surface area contributed by atoms with Crippen molar-refractivity contribution in [1.29, 1.82) is 0 Å². The van der Waals surface area contributed by atoms with Crippen LogP contribution in [-0.2, 0) is 13.7 Å². The van der Waals surface area contributed by atoms with Gasteiger partial charge in [0.05, 0.1) is 18.5 Å². The third kappa shape index (κ3) is 4.14. The van der Waals surface area contributed by atoms with E-state index < -0.39 is 8.32 Å². The zero-order chi connectivity index (χ0) is 14.0. The van der Waals surface area contributed by atoms with Crippen LogP contribution in [0.25, 0.3) is 0 Å². The maximum absolute atomic E-state index is 5.95. The number of hydrogen-bond donors (Lipinski definition) is 0. The molecule has 1 heterocycles. The SMILES string of the molecule is C[C@@H]1OB(C/C=C/O[Si](C)(C)C(C)(C)C)O[C@H]1C. The molecule has 5 heteroatoms. The second-order valence-electron chi connectivity index (χ2n) is 6.60. The zero-order valence-corrected chi connectivity index (χ0v) is 13.8. The van der Waals surface area contributed by atoms with E-state index in [1.165, 1.54) is 0 Å². The fourth-order valence-electron chi connectivity index (χ4n) is 1.40. The molecule has 0 radical (unpaired) electrons. The maximum atomic E-state index is 5.95. The van der Waals surface area contributed by atoms with Gasteiger partial charge in [0.15, 0.2) is 0 Å². The molecular weight excluding hydrogens is 243 g/mol. The summed E-state index contributed by atoms with van der Waals surface area (Å²) in [5, 5.41) is 0.237. The predicted molar refractivity (Wildman–Crippen MR) is 79.1 cm³/mol. The molecule has 0 aliphatic carbocycles. The van der Waals surface area contributed by atoms with Crippen LogP contribution >= 0.6 is 0 Å². The lowest BCUT2D eigenvalue weighted by Gasteiger charge is -2.34. The molecule has 0 aromatic heterocycles. The molecule has 0 bridgehead atoms. The predicted octanol–water partition coefficient (Wildman–Crippen LogP) is 3.83. The summed E-state index contributed by atoms with van der Waals surface area (Å²) in [6, 6.07) is 0. The largest absolute Gasteiger partial charge is 0.549 e. The van der Waals surface area contributed by atoms with Crippen molar-refractivity contribution in [3.8, 4) is 0 Å². The van der Waals surface area contributed by atoms with Crippen LogP contribution in [-0.4, -0.2) is 27.6 Å². The van der Waals surface area contributed by atoms with Gasteiger partial charge in [0, 0.05) is 6.32 Å². The summed E-state index contributed by atoms with van der Waals surface area (Å²) in [6.45, 7) is 15.3. The maximum Gasteiger partial charge on any atom is 0.461 e. The Balaban J connectivity index is 2.35. The highest BCUT2D eigenvalue weighted by atomic mass is 28.4. The first-order valence-electron chi connectivity index (χ1n) is 6.77. The minimum Gasteiger partial charge on any atom is -0.549 e. The third-order valence-electron chi connectivity index (χ3n) is 3.99. The Morgan fingerprint density at radius 3 is 2.11 bits per heavy atom. The molecular formula is C13H27BO3Si. The lowest BCUT2D eigenvalue weighted by atomic mass is 9.85. The second kappa shape index (κ2) is 5.80. The molecule has 0 aromatic rings. The summed E-state index contributed by atoms with van der Waals surface area (Å²) in [7, 11) is -1.79. The van der Waals surface area contributed by atoms with Crippen LogP contribution in [0.15, 0.2) is 12.3 Å². The van der Waals surface area contributed by atoms with Crippen molar-refractivity contribution in [3.05, 3.63) is 12.3 Å². The molecule has 1 fully saturated rings. The molecule has 0 saturated carbocycles. The summed E-state index contributed by atoms with van der Waals surface area (Å²) in [5.41, 5.74) is 0. The van der Waals surface area contributed by atoms with Crippen LogP contribution in [0.2, 0.25) is 24.5 Å². The van der Waals surface area contributed by atoms with Crippen molar-refractivity contribution in [2.45, 2.75) is 71.3 Å². The molecule has 1 aliphatic heterocycles. The highest BCUT2D eigenvalue weighted by molar-refractivity contribution is 6.74. The van der Waals surface area contributed by atoms with Crippen molar-refractivity contribution in [3.63, 3.8) is 0 Å². The van der Waals surface area contributed by atoms with Crippen LogP contribution in [0.4, 0.5) is 0 Å². The van der Waals surface area contributed by atoms with E-state index in [9.17, 15) is 0 Å². The van der Waals surface area contributed by atoms with Crippen LogP contribution < -0.4 is 0 Å². The Morgan fingerprint density at radius 2 is 1.67 bits per heavy atom. The van der Waals surface area contributed by atoms with Crippen molar-refractivity contribution in [2.24, 2.45) is 0 Å². The van der Waals surface area contributed by atoms with Gasteiger partial charge in [-0.05, 0) is 32.0 Å². The van der Waals surface area contributed by atoms with Gasteiger partial charge >= 0.3 is 7.12 Å². The second-order valence-corrected chi connectivity index (χ2v) is 11.4. The number of rotatable bonds is 4. The van der Waals surface area contributed by atoms with Crippen molar-refractivity contribution < 1.29 is 13.7 Å². The molecule has 3 nitrogen and oxygen atoms in total. The Labute approximate surface area is 113 Å². The number of allylic oxidation sites excluding steroid dienone is 1. The minimum atomic E-state index is -1.68. The topological polar surface area (TPSA) is 27.7 Å². The highest BCUT2D eigenvalue weighted by Gasteiger charge is 2.38. The highest BCUT2D eigenvalue weighted by Crippen LogP contribution is 2.36. The molecule has 104 valence electrons. The van der Waals surface area contributed by atoms with Crippen molar-refractivity contribution in [1.82, 2.24) is 0 Å². The van der Waals surface area contributed by atoms with Gasteiger partial charge in [0.2, 0.25) is 8.32 Å². The van der Waals surface area contributed by atoms with E-state index >= 15 is 0 Å². The molecule has 2 atom stereocenters.